The second kappa shape index (κ2) is 7.09. The Labute approximate surface area is 149 Å². The highest BCUT2D eigenvalue weighted by molar-refractivity contribution is 5.86. The fourth-order valence-corrected chi connectivity index (χ4v) is 3.13. The maximum Gasteiger partial charge on any atom is 0.360 e. The molecule has 1 fully saturated rings. The third kappa shape index (κ3) is 3.23. The molecule has 0 radical (unpaired) electrons. The number of benzene rings is 1. The SMILES string of the molecule is COC(=O)c1coc(CN2CCCC2c2nc(-c3ccccc3)no2)n1. The van der Waals surface area contributed by atoms with Crippen molar-refractivity contribution in [3.05, 3.63) is 54.1 Å². The molecular formula is C18H18N4O4. The van der Waals surface area contributed by atoms with E-state index >= 15 is 0 Å². The monoisotopic (exact) mass is 354 g/mol. The lowest BCUT2D eigenvalue weighted by Crippen LogP contribution is -2.23. The van der Waals surface area contributed by atoms with Gasteiger partial charge < -0.3 is 13.7 Å². The average Bonchev–Trinajstić information content (AvgIpc) is 3.42. The highest BCUT2D eigenvalue weighted by Gasteiger charge is 2.32. The van der Waals surface area contributed by atoms with Gasteiger partial charge in [-0.05, 0) is 19.4 Å². The van der Waals surface area contributed by atoms with E-state index in [1.165, 1.54) is 13.4 Å². The first kappa shape index (κ1) is 16.5. The van der Waals surface area contributed by atoms with Crippen molar-refractivity contribution >= 4 is 5.97 Å². The molecule has 0 N–H and O–H groups in total. The number of esters is 1. The van der Waals surface area contributed by atoms with Crippen LogP contribution in [0, 0.1) is 0 Å². The molecule has 134 valence electrons. The van der Waals surface area contributed by atoms with Crippen LogP contribution in [0.3, 0.4) is 0 Å². The van der Waals surface area contributed by atoms with E-state index in [1.54, 1.807) is 0 Å². The Kier molecular flexibility index (Phi) is 4.49. The first-order chi connectivity index (χ1) is 12.7. The predicted octanol–water partition coefficient (Wildman–Crippen LogP) is 2.85. The molecule has 2 aromatic heterocycles. The van der Waals surface area contributed by atoms with Gasteiger partial charge in [0.2, 0.25) is 17.6 Å². The van der Waals surface area contributed by atoms with E-state index in [0.29, 0.717) is 24.2 Å². The van der Waals surface area contributed by atoms with Crippen LogP contribution in [-0.2, 0) is 11.3 Å². The van der Waals surface area contributed by atoms with Crippen LogP contribution in [-0.4, -0.2) is 39.6 Å². The van der Waals surface area contributed by atoms with Crippen LogP contribution in [0.4, 0.5) is 0 Å². The Balaban J connectivity index is 1.49. The third-order valence-corrected chi connectivity index (χ3v) is 4.41. The first-order valence-corrected chi connectivity index (χ1v) is 8.40. The summed E-state index contributed by atoms with van der Waals surface area (Å²) in [7, 11) is 1.31. The van der Waals surface area contributed by atoms with Crippen molar-refractivity contribution in [3.8, 4) is 11.4 Å². The van der Waals surface area contributed by atoms with Crippen molar-refractivity contribution in [3.63, 3.8) is 0 Å². The number of carbonyl (C=O) groups is 1. The van der Waals surface area contributed by atoms with Crippen molar-refractivity contribution < 1.29 is 18.5 Å². The van der Waals surface area contributed by atoms with Gasteiger partial charge in [-0.1, -0.05) is 35.5 Å². The van der Waals surface area contributed by atoms with E-state index in [2.05, 4.69) is 24.8 Å². The summed E-state index contributed by atoms with van der Waals surface area (Å²) in [5.74, 6) is 1.11. The molecule has 0 bridgehead atoms. The molecule has 8 heteroatoms. The molecule has 1 atom stereocenters. The molecule has 1 aromatic carbocycles. The van der Waals surface area contributed by atoms with Gasteiger partial charge in [0.25, 0.3) is 0 Å². The second-order valence-corrected chi connectivity index (χ2v) is 6.07. The van der Waals surface area contributed by atoms with Crippen LogP contribution in [0.1, 0.15) is 41.2 Å². The molecule has 0 saturated carbocycles. The lowest BCUT2D eigenvalue weighted by Gasteiger charge is -2.19. The molecule has 0 spiro atoms. The van der Waals surface area contributed by atoms with Crippen molar-refractivity contribution in [1.82, 2.24) is 20.0 Å². The number of rotatable bonds is 5. The zero-order chi connectivity index (χ0) is 17.9. The first-order valence-electron chi connectivity index (χ1n) is 8.40. The van der Waals surface area contributed by atoms with Gasteiger partial charge in [-0.3, -0.25) is 4.90 Å². The number of hydrogen-bond acceptors (Lipinski definition) is 8. The van der Waals surface area contributed by atoms with E-state index in [-0.39, 0.29) is 11.7 Å². The van der Waals surface area contributed by atoms with E-state index in [0.717, 1.165) is 24.9 Å². The summed E-state index contributed by atoms with van der Waals surface area (Å²) in [6.45, 7) is 1.33. The number of methoxy groups -OCH3 is 1. The molecule has 3 aromatic rings. The minimum atomic E-state index is -0.512. The highest BCUT2D eigenvalue weighted by Crippen LogP contribution is 2.33. The molecule has 8 nitrogen and oxygen atoms in total. The van der Waals surface area contributed by atoms with Crippen molar-refractivity contribution in [2.45, 2.75) is 25.4 Å². The van der Waals surface area contributed by atoms with E-state index in [4.69, 9.17) is 8.94 Å². The summed E-state index contributed by atoms with van der Waals surface area (Å²) in [6, 6.07) is 9.73. The average molecular weight is 354 g/mol. The number of aromatic nitrogens is 3. The lowest BCUT2D eigenvalue weighted by atomic mass is 10.2. The highest BCUT2D eigenvalue weighted by atomic mass is 16.5. The standard InChI is InChI=1S/C18H18N4O4/c1-24-18(23)13-11-25-15(19-13)10-22-9-5-8-14(22)17-20-16(21-26-17)12-6-3-2-4-7-12/h2-4,6-7,11,14H,5,8-10H2,1H3. The number of oxazole rings is 1. The smallest absolute Gasteiger partial charge is 0.360 e. The van der Waals surface area contributed by atoms with Gasteiger partial charge in [-0.15, -0.1) is 0 Å². The van der Waals surface area contributed by atoms with Crippen LogP contribution in [0.2, 0.25) is 0 Å². The molecule has 0 amide bonds. The van der Waals surface area contributed by atoms with Gasteiger partial charge in [0.1, 0.15) is 6.26 Å². The zero-order valence-electron chi connectivity index (χ0n) is 14.3. The Morgan fingerprint density at radius 1 is 1.31 bits per heavy atom. The lowest BCUT2D eigenvalue weighted by molar-refractivity contribution is 0.0594. The minimum absolute atomic E-state index is 0.00781. The molecule has 1 aliphatic rings. The Bertz CT molecular complexity index is 890. The molecule has 1 aliphatic heterocycles. The molecule has 1 saturated heterocycles. The second-order valence-electron chi connectivity index (χ2n) is 6.07. The van der Waals surface area contributed by atoms with Gasteiger partial charge in [-0.2, -0.15) is 4.98 Å². The quantitative estimate of drug-likeness (QED) is 0.646. The predicted molar refractivity (Wildman–Crippen MR) is 90.0 cm³/mol. The van der Waals surface area contributed by atoms with Crippen LogP contribution < -0.4 is 0 Å². The van der Waals surface area contributed by atoms with Gasteiger partial charge in [0, 0.05) is 5.56 Å². The van der Waals surface area contributed by atoms with E-state index in [9.17, 15) is 4.79 Å². The topological polar surface area (TPSA) is 94.5 Å². The van der Waals surface area contributed by atoms with Gasteiger partial charge in [0.05, 0.1) is 19.7 Å². The summed E-state index contributed by atoms with van der Waals surface area (Å²) in [6.07, 6.45) is 3.24. The fraction of sp³-hybridized carbons (Fsp3) is 0.333. The number of nitrogens with zero attached hydrogens (tertiary/aromatic N) is 4. The van der Waals surface area contributed by atoms with Crippen LogP contribution in [0.25, 0.3) is 11.4 Å². The van der Waals surface area contributed by atoms with Gasteiger partial charge in [0.15, 0.2) is 5.69 Å². The Morgan fingerprint density at radius 3 is 2.96 bits per heavy atom. The maximum atomic E-state index is 11.5. The summed E-state index contributed by atoms with van der Waals surface area (Å²) >= 11 is 0. The fourth-order valence-electron chi connectivity index (χ4n) is 3.13. The molecule has 3 heterocycles. The number of hydrogen-bond donors (Lipinski definition) is 0. The normalized spacial score (nSPS) is 17.5. The number of carbonyl (C=O) groups excluding carboxylic acids is 1. The molecular weight excluding hydrogens is 336 g/mol. The molecule has 4 rings (SSSR count). The Morgan fingerprint density at radius 2 is 2.15 bits per heavy atom. The Hall–Kier alpha value is -3.00. The van der Waals surface area contributed by atoms with Crippen molar-refractivity contribution in [1.29, 1.82) is 0 Å². The third-order valence-electron chi connectivity index (χ3n) is 4.41. The van der Waals surface area contributed by atoms with Crippen molar-refractivity contribution in [2.24, 2.45) is 0 Å². The molecule has 1 unspecified atom stereocenters. The van der Waals surface area contributed by atoms with E-state index in [1.807, 2.05) is 30.3 Å². The summed E-state index contributed by atoms with van der Waals surface area (Å²) < 4.78 is 15.5. The largest absolute Gasteiger partial charge is 0.464 e. The van der Waals surface area contributed by atoms with Crippen LogP contribution >= 0.6 is 0 Å². The maximum absolute atomic E-state index is 11.5. The summed E-state index contributed by atoms with van der Waals surface area (Å²) in [4.78, 5) is 22.4. The summed E-state index contributed by atoms with van der Waals surface area (Å²) in [5.41, 5.74) is 1.09. The molecule has 0 aliphatic carbocycles. The minimum Gasteiger partial charge on any atom is -0.464 e. The number of ether oxygens (including phenoxy) is 1. The zero-order valence-corrected chi connectivity index (χ0v) is 14.3. The van der Waals surface area contributed by atoms with Crippen molar-refractivity contribution in [2.75, 3.05) is 13.7 Å². The van der Waals surface area contributed by atoms with Crippen LogP contribution in [0.15, 0.2) is 45.5 Å². The molecule has 26 heavy (non-hydrogen) atoms. The van der Waals surface area contributed by atoms with E-state index < -0.39 is 5.97 Å². The number of likely N-dealkylation sites (tertiary alicyclic amines) is 1. The van der Waals surface area contributed by atoms with Gasteiger partial charge >= 0.3 is 5.97 Å². The van der Waals surface area contributed by atoms with Crippen LogP contribution in [0.5, 0.6) is 0 Å². The van der Waals surface area contributed by atoms with Gasteiger partial charge in [-0.25, -0.2) is 9.78 Å². The summed E-state index contributed by atoms with van der Waals surface area (Å²) in [5, 5.41) is 4.10.